The maximum absolute atomic E-state index is 12.6. The first-order valence-corrected chi connectivity index (χ1v) is 4.70. The number of alkyl halides is 3. The third kappa shape index (κ3) is 3.82. The lowest BCUT2D eigenvalue weighted by Crippen LogP contribution is -2.27. The summed E-state index contributed by atoms with van der Waals surface area (Å²) in [6.45, 7) is 4.94. The SMILES string of the molecule is C=C(C)NC(=O)Nc1ccccc1C(F)(F)F. The molecule has 6 heteroatoms. The zero-order valence-corrected chi connectivity index (χ0v) is 9.06. The first-order chi connectivity index (χ1) is 7.80. The summed E-state index contributed by atoms with van der Waals surface area (Å²) < 4.78 is 37.7. The van der Waals surface area contributed by atoms with Crippen molar-refractivity contribution >= 4 is 11.7 Å². The van der Waals surface area contributed by atoms with E-state index in [9.17, 15) is 18.0 Å². The van der Waals surface area contributed by atoms with Gasteiger partial charge < -0.3 is 10.6 Å². The van der Waals surface area contributed by atoms with E-state index in [0.717, 1.165) is 6.07 Å². The van der Waals surface area contributed by atoms with Gasteiger partial charge in [-0.25, -0.2) is 4.79 Å². The van der Waals surface area contributed by atoms with Gasteiger partial charge in [0.2, 0.25) is 0 Å². The molecule has 0 saturated carbocycles. The summed E-state index contributed by atoms with van der Waals surface area (Å²) in [7, 11) is 0. The van der Waals surface area contributed by atoms with Crippen LogP contribution in [0.3, 0.4) is 0 Å². The summed E-state index contributed by atoms with van der Waals surface area (Å²) in [5, 5.41) is 4.38. The molecule has 0 heterocycles. The molecule has 3 nitrogen and oxygen atoms in total. The summed E-state index contributed by atoms with van der Waals surface area (Å²) >= 11 is 0. The Morgan fingerprint density at radius 1 is 1.29 bits per heavy atom. The molecule has 92 valence electrons. The molecule has 0 fully saturated rings. The van der Waals surface area contributed by atoms with E-state index in [1.54, 1.807) is 0 Å². The van der Waals surface area contributed by atoms with E-state index in [-0.39, 0.29) is 5.69 Å². The third-order valence-corrected chi connectivity index (χ3v) is 1.81. The zero-order chi connectivity index (χ0) is 13.1. The minimum Gasteiger partial charge on any atom is -0.312 e. The highest BCUT2D eigenvalue weighted by molar-refractivity contribution is 5.91. The quantitative estimate of drug-likeness (QED) is 0.822. The molecule has 1 aromatic carbocycles. The number of anilines is 1. The maximum atomic E-state index is 12.6. The molecule has 0 bridgehead atoms. The van der Waals surface area contributed by atoms with Crippen molar-refractivity contribution in [1.29, 1.82) is 0 Å². The highest BCUT2D eigenvalue weighted by Crippen LogP contribution is 2.34. The van der Waals surface area contributed by atoms with Crippen LogP contribution in [0, 0.1) is 0 Å². The molecule has 0 saturated heterocycles. The lowest BCUT2D eigenvalue weighted by Gasteiger charge is -2.13. The van der Waals surface area contributed by atoms with Crippen LogP contribution >= 0.6 is 0 Å². The number of para-hydroxylation sites is 1. The Hall–Kier alpha value is -1.98. The Labute approximate surface area is 96.3 Å². The molecule has 0 spiro atoms. The average Bonchev–Trinajstić information content (AvgIpc) is 2.15. The normalized spacial score (nSPS) is 10.8. The smallest absolute Gasteiger partial charge is 0.312 e. The first kappa shape index (κ1) is 13.1. The van der Waals surface area contributed by atoms with Crippen molar-refractivity contribution in [3.05, 3.63) is 42.1 Å². The van der Waals surface area contributed by atoms with Gasteiger partial charge in [0.1, 0.15) is 0 Å². The van der Waals surface area contributed by atoms with Crippen LogP contribution in [0.2, 0.25) is 0 Å². The minimum atomic E-state index is -4.51. The van der Waals surface area contributed by atoms with Crippen LogP contribution in [0.4, 0.5) is 23.7 Å². The Balaban J connectivity index is 2.92. The Kier molecular flexibility index (Phi) is 3.77. The van der Waals surface area contributed by atoms with Crippen LogP contribution in [0.15, 0.2) is 36.5 Å². The number of nitrogens with one attached hydrogen (secondary N) is 2. The van der Waals surface area contributed by atoms with Crippen LogP contribution in [0.25, 0.3) is 0 Å². The fraction of sp³-hybridized carbons (Fsp3) is 0.182. The number of carbonyl (C=O) groups excluding carboxylic acids is 1. The van der Waals surface area contributed by atoms with Gasteiger partial charge in [0.25, 0.3) is 0 Å². The Bertz CT molecular complexity index is 441. The predicted molar refractivity (Wildman–Crippen MR) is 58.4 cm³/mol. The molecule has 2 amide bonds. The number of hydrogen-bond donors (Lipinski definition) is 2. The molecular weight excluding hydrogens is 233 g/mol. The molecule has 1 aromatic rings. The molecule has 0 unspecified atom stereocenters. The number of amides is 2. The number of urea groups is 1. The molecule has 0 radical (unpaired) electrons. The van der Waals surface area contributed by atoms with Gasteiger partial charge in [0.15, 0.2) is 0 Å². The van der Waals surface area contributed by atoms with E-state index in [2.05, 4.69) is 17.2 Å². The minimum absolute atomic E-state index is 0.293. The third-order valence-electron chi connectivity index (χ3n) is 1.81. The van der Waals surface area contributed by atoms with Crippen LogP contribution in [0.1, 0.15) is 12.5 Å². The number of halogens is 3. The number of rotatable bonds is 2. The van der Waals surface area contributed by atoms with Gasteiger partial charge in [-0.05, 0) is 19.1 Å². The molecule has 2 N–H and O–H groups in total. The Morgan fingerprint density at radius 3 is 2.41 bits per heavy atom. The van der Waals surface area contributed by atoms with Gasteiger partial charge >= 0.3 is 12.2 Å². The van der Waals surface area contributed by atoms with Crippen LogP contribution in [0.5, 0.6) is 0 Å². The van der Waals surface area contributed by atoms with Crippen molar-refractivity contribution in [2.75, 3.05) is 5.32 Å². The van der Waals surface area contributed by atoms with Crippen molar-refractivity contribution in [1.82, 2.24) is 5.32 Å². The summed E-state index contributed by atoms with van der Waals surface area (Å²) in [5.41, 5.74) is -0.845. The lowest BCUT2D eigenvalue weighted by molar-refractivity contribution is -0.136. The molecule has 0 atom stereocenters. The van der Waals surface area contributed by atoms with Gasteiger partial charge in [-0.2, -0.15) is 13.2 Å². The van der Waals surface area contributed by atoms with E-state index in [0.29, 0.717) is 5.70 Å². The fourth-order valence-electron chi connectivity index (χ4n) is 1.19. The van der Waals surface area contributed by atoms with Crippen molar-refractivity contribution < 1.29 is 18.0 Å². The number of carbonyl (C=O) groups is 1. The fourth-order valence-corrected chi connectivity index (χ4v) is 1.19. The van der Waals surface area contributed by atoms with Gasteiger partial charge in [0, 0.05) is 5.70 Å². The average molecular weight is 244 g/mol. The second-order valence-corrected chi connectivity index (χ2v) is 3.40. The molecule has 17 heavy (non-hydrogen) atoms. The van der Waals surface area contributed by atoms with Crippen molar-refractivity contribution in [3.63, 3.8) is 0 Å². The van der Waals surface area contributed by atoms with Gasteiger partial charge in [-0.15, -0.1) is 0 Å². The van der Waals surface area contributed by atoms with Crippen molar-refractivity contribution in [3.8, 4) is 0 Å². The maximum Gasteiger partial charge on any atom is 0.418 e. The molecule has 0 aliphatic carbocycles. The number of hydrogen-bond acceptors (Lipinski definition) is 1. The standard InChI is InChI=1S/C11H11F3N2O/c1-7(2)15-10(17)16-9-6-4-3-5-8(9)11(12,13)14/h3-6H,1H2,2H3,(H2,15,16,17). The van der Waals surface area contributed by atoms with E-state index in [1.165, 1.54) is 25.1 Å². The topological polar surface area (TPSA) is 41.1 Å². The molecule has 0 aliphatic rings. The largest absolute Gasteiger partial charge is 0.418 e. The zero-order valence-electron chi connectivity index (χ0n) is 9.06. The van der Waals surface area contributed by atoms with E-state index in [4.69, 9.17) is 0 Å². The van der Waals surface area contributed by atoms with Gasteiger partial charge in [-0.3, -0.25) is 0 Å². The Morgan fingerprint density at radius 2 is 1.88 bits per heavy atom. The highest BCUT2D eigenvalue weighted by Gasteiger charge is 2.33. The summed E-state index contributed by atoms with van der Waals surface area (Å²) in [5.74, 6) is 0. The van der Waals surface area contributed by atoms with E-state index >= 15 is 0 Å². The number of allylic oxidation sites excluding steroid dienone is 1. The first-order valence-electron chi connectivity index (χ1n) is 4.70. The molecular formula is C11H11F3N2O. The second-order valence-electron chi connectivity index (χ2n) is 3.40. The molecule has 0 aliphatic heterocycles. The summed E-state index contributed by atoms with van der Waals surface area (Å²) in [6.07, 6.45) is -4.51. The summed E-state index contributed by atoms with van der Waals surface area (Å²) in [6, 6.07) is 3.99. The van der Waals surface area contributed by atoms with Gasteiger partial charge in [0.05, 0.1) is 11.3 Å². The lowest BCUT2D eigenvalue weighted by atomic mass is 10.1. The van der Waals surface area contributed by atoms with Crippen LogP contribution < -0.4 is 10.6 Å². The molecule has 1 rings (SSSR count). The predicted octanol–water partition coefficient (Wildman–Crippen LogP) is 3.36. The van der Waals surface area contributed by atoms with E-state index in [1.807, 2.05) is 0 Å². The van der Waals surface area contributed by atoms with Gasteiger partial charge in [-0.1, -0.05) is 18.7 Å². The highest BCUT2D eigenvalue weighted by atomic mass is 19.4. The van der Waals surface area contributed by atoms with Crippen LogP contribution in [-0.2, 0) is 6.18 Å². The van der Waals surface area contributed by atoms with E-state index < -0.39 is 17.8 Å². The molecule has 0 aromatic heterocycles. The van der Waals surface area contributed by atoms with Crippen molar-refractivity contribution in [2.45, 2.75) is 13.1 Å². The second kappa shape index (κ2) is 4.90. The van der Waals surface area contributed by atoms with Crippen LogP contribution in [-0.4, -0.2) is 6.03 Å². The van der Waals surface area contributed by atoms with Crippen molar-refractivity contribution in [2.24, 2.45) is 0 Å². The monoisotopic (exact) mass is 244 g/mol. The number of benzene rings is 1. The summed E-state index contributed by atoms with van der Waals surface area (Å²) in [4.78, 5) is 11.3.